The van der Waals surface area contributed by atoms with Crippen molar-refractivity contribution < 1.29 is 14.3 Å². The van der Waals surface area contributed by atoms with Crippen LogP contribution in [0.5, 0.6) is 0 Å². The molecule has 2 N–H and O–H groups in total. The number of carbonyl (C=O) groups is 2. The molecule has 1 aliphatic carbocycles. The van der Waals surface area contributed by atoms with E-state index < -0.39 is 0 Å². The zero-order valence-corrected chi connectivity index (χ0v) is 16.8. The average Bonchev–Trinajstić information content (AvgIpc) is 3.24. The molecule has 2 fully saturated rings. The Balaban J connectivity index is 1.36. The van der Waals surface area contributed by atoms with Gasteiger partial charge in [-0.05, 0) is 30.0 Å². The van der Waals surface area contributed by atoms with Gasteiger partial charge < -0.3 is 15.4 Å². The number of ether oxygens (including phenoxy) is 1. The highest BCUT2D eigenvalue weighted by Gasteiger charge is 2.16. The van der Waals surface area contributed by atoms with Crippen LogP contribution in [0.4, 0.5) is 5.69 Å². The molecule has 0 aromatic heterocycles. The van der Waals surface area contributed by atoms with Crippen molar-refractivity contribution in [3.63, 3.8) is 0 Å². The highest BCUT2D eigenvalue weighted by atomic mass is 16.5. The lowest BCUT2D eigenvalue weighted by Gasteiger charge is -2.26. The molecule has 0 bridgehead atoms. The number of carbonyl (C=O) groups excluding carboxylic acids is 2. The average molecular weight is 388 g/mol. The van der Waals surface area contributed by atoms with Crippen molar-refractivity contribution in [1.29, 1.82) is 0 Å². The predicted molar refractivity (Wildman–Crippen MR) is 110 cm³/mol. The first-order valence-corrected chi connectivity index (χ1v) is 10.6. The maximum Gasteiger partial charge on any atom is 0.225 e. The molecule has 1 saturated carbocycles. The van der Waals surface area contributed by atoms with Crippen LogP contribution in [0.1, 0.15) is 50.5 Å². The number of amides is 2. The first-order valence-electron chi connectivity index (χ1n) is 10.6. The molecule has 6 nitrogen and oxygen atoms in total. The second-order valence-corrected chi connectivity index (χ2v) is 7.92. The Kier molecular flexibility index (Phi) is 8.30. The standard InChI is InChI=1S/C22H33N3O3/c26-21(9-8-18-4-1-2-5-18)23-17-19-6-3-7-20(16-19)24-22(27)10-11-25-12-14-28-15-13-25/h3,6-7,16,18H,1-2,4-5,8-15,17H2,(H,23,26)(H,24,27). The molecule has 1 aromatic carbocycles. The quantitative estimate of drug-likeness (QED) is 0.683. The zero-order chi connectivity index (χ0) is 19.6. The third kappa shape index (κ3) is 7.24. The van der Waals surface area contributed by atoms with E-state index in [1.807, 2.05) is 24.3 Å². The van der Waals surface area contributed by atoms with Crippen molar-refractivity contribution in [3.05, 3.63) is 29.8 Å². The summed E-state index contributed by atoms with van der Waals surface area (Å²) in [5.74, 6) is 0.873. The fourth-order valence-electron chi connectivity index (χ4n) is 3.99. The van der Waals surface area contributed by atoms with E-state index in [-0.39, 0.29) is 11.8 Å². The third-order valence-electron chi connectivity index (χ3n) is 5.71. The van der Waals surface area contributed by atoms with Gasteiger partial charge >= 0.3 is 0 Å². The van der Waals surface area contributed by atoms with Crippen LogP contribution in [0, 0.1) is 5.92 Å². The Morgan fingerprint density at radius 1 is 1.07 bits per heavy atom. The van der Waals surface area contributed by atoms with Crippen molar-refractivity contribution in [2.24, 2.45) is 5.92 Å². The molecular formula is C22H33N3O3. The summed E-state index contributed by atoms with van der Waals surface area (Å²) < 4.78 is 5.32. The van der Waals surface area contributed by atoms with Gasteiger partial charge in [0.2, 0.25) is 11.8 Å². The van der Waals surface area contributed by atoms with Crippen LogP contribution in [0.3, 0.4) is 0 Å². The largest absolute Gasteiger partial charge is 0.379 e. The molecule has 0 unspecified atom stereocenters. The van der Waals surface area contributed by atoms with Gasteiger partial charge in [0.05, 0.1) is 13.2 Å². The lowest BCUT2D eigenvalue weighted by atomic mass is 10.0. The van der Waals surface area contributed by atoms with Crippen molar-refractivity contribution in [2.45, 2.75) is 51.5 Å². The maximum atomic E-state index is 12.2. The predicted octanol–water partition coefficient (Wildman–Crippen LogP) is 2.93. The van der Waals surface area contributed by atoms with Gasteiger partial charge in [-0.15, -0.1) is 0 Å². The molecule has 2 aliphatic rings. The topological polar surface area (TPSA) is 70.7 Å². The van der Waals surface area contributed by atoms with Gasteiger partial charge in [0.25, 0.3) is 0 Å². The van der Waals surface area contributed by atoms with E-state index in [1.54, 1.807) is 0 Å². The smallest absolute Gasteiger partial charge is 0.225 e. The van der Waals surface area contributed by atoms with Crippen molar-refractivity contribution in [2.75, 3.05) is 38.2 Å². The molecule has 0 spiro atoms. The summed E-state index contributed by atoms with van der Waals surface area (Å²) in [4.78, 5) is 26.5. The van der Waals surface area contributed by atoms with Gasteiger partial charge in [-0.1, -0.05) is 37.8 Å². The molecule has 1 saturated heterocycles. The Bertz CT molecular complexity index is 638. The second kappa shape index (κ2) is 11.2. The van der Waals surface area contributed by atoms with Crippen LogP contribution in [0.25, 0.3) is 0 Å². The maximum absolute atomic E-state index is 12.2. The summed E-state index contributed by atoms with van der Waals surface area (Å²) in [6.07, 6.45) is 7.28. The Hall–Kier alpha value is -1.92. The summed E-state index contributed by atoms with van der Waals surface area (Å²) in [6, 6.07) is 7.71. The Morgan fingerprint density at radius 2 is 1.86 bits per heavy atom. The van der Waals surface area contributed by atoms with E-state index in [2.05, 4.69) is 15.5 Å². The lowest BCUT2D eigenvalue weighted by Crippen LogP contribution is -2.38. The minimum atomic E-state index is 0.0178. The van der Waals surface area contributed by atoms with E-state index in [4.69, 9.17) is 4.74 Å². The molecule has 6 heteroatoms. The lowest BCUT2D eigenvalue weighted by molar-refractivity contribution is -0.121. The fourth-order valence-corrected chi connectivity index (χ4v) is 3.99. The van der Waals surface area contributed by atoms with Crippen LogP contribution in [0.15, 0.2) is 24.3 Å². The molecule has 154 valence electrons. The van der Waals surface area contributed by atoms with E-state index in [9.17, 15) is 9.59 Å². The van der Waals surface area contributed by atoms with Crippen LogP contribution in [-0.2, 0) is 20.9 Å². The van der Waals surface area contributed by atoms with E-state index in [1.165, 1.54) is 25.7 Å². The summed E-state index contributed by atoms with van der Waals surface area (Å²) in [7, 11) is 0. The number of hydrogen-bond donors (Lipinski definition) is 2. The fraction of sp³-hybridized carbons (Fsp3) is 0.636. The molecule has 28 heavy (non-hydrogen) atoms. The van der Waals surface area contributed by atoms with E-state index in [0.29, 0.717) is 19.4 Å². The van der Waals surface area contributed by atoms with Crippen molar-refractivity contribution in [3.8, 4) is 0 Å². The number of hydrogen-bond acceptors (Lipinski definition) is 4. The minimum absolute atomic E-state index is 0.0178. The van der Waals surface area contributed by atoms with Crippen molar-refractivity contribution in [1.82, 2.24) is 10.2 Å². The SMILES string of the molecule is O=C(CCC1CCCC1)NCc1cccc(NC(=O)CCN2CCOCC2)c1. The summed E-state index contributed by atoms with van der Waals surface area (Å²) >= 11 is 0. The number of rotatable bonds is 9. The summed E-state index contributed by atoms with van der Waals surface area (Å²) in [5, 5.41) is 5.96. The Morgan fingerprint density at radius 3 is 2.64 bits per heavy atom. The van der Waals surface area contributed by atoms with Gasteiger partial charge in [0, 0.05) is 44.7 Å². The third-order valence-corrected chi connectivity index (χ3v) is 5.71. The van der Waals surface area contributed by atoms with Crippen LogP contribution in [0.2, 0.25) is 0 Å². The van der Waals surface area contributed by atoms with Gasteiger partial charge in [-0.2, -0.15) is 0 Å². The molecule has 0 radical (unpaired) electrons. The van der Waals surface area contributed by atoms with E-state index >= 15 is 0 Å². The number of anilines is 1. The second-order valence-electron chi connectivity index (χ2n) is 7.92. The molecule has 1 aliphatic heterocycles. The number of nitrogens with zero attached hydrogens (tertiary/aromatic N) is 1. The summed E-state index contributed by atoms with van der Waals surface area (Å²) in [5.41, 5.74) is 1.78. The highest BCUT2D eigenvalue weighted by Crippen LogP contribution is 2.28. The first-order chi connectivity index (χ1) is 13.7. The Labute approximate surface area is 168 Å². The zero-order valence-electron chi connectivity index (χ0n) is 16.8. The highest BCUT2D eigenvalue weighted by molar-refractivity contribution is 5.90. The molecule has 3 rings (SSSR count). The molecule has 1 heterocycles. The van der Waals surface area contributed by atoms with E-state index in [0.717, 1.165) is 56.4 Å². The summed E-state index contributed by atoms with van der Waals surface area (Å²) in [6.45, 7) is 4.53. The van der Waals surface area contributed by atoms with Crippen LogP contribution >= 0.6 is 0 Å². The van der Waals surface area contributed by atoms with Gasteiger partial charge in [0.15, 0.2) is 0 Å². The minimum Gasteiger partial charge on any atom is -0.379 e. The number of benzene rings is 1. The molecule has 0 atom stereocenters. The normalized spacial score (nSPS) is 18.1. The van der Waals surface area contributed by atoms with Gasteiger partial charge in [-0.25, -0.2) is 0 Å². The molecule has 1 aromatic rings. The molecular weight excluding hydrogens is 354 g/mol. The number of nitrogens with one attached hydrogen (secondary N) is 2. The monoisotopic (exact) mass is 387 g/mol. The first kappa shape index (κ1) is 20.8. The number of morpholine rings is 1. The van der Waals surface area contributed by atoms with Crippen LogP contribution in [-0.4, -0.2) is 49.6 Å². The van der Waals surface area contributed by atoms with Crippen LogP contribution < -0.4 is 10.6 Å². The molecule has 2 amide bonds. The van der Waals surface area contributed by atoms with Gasteiger partial charge in [0.1, 0.15) is 0 Å². The van der Waals surface area contributed by atoms with Gasteiger partial charge in [-0.3, -0.25) is 14.5 Å². The van der Waals surface area contributed by atoms with Crippen molar-refractivity contribution >= 4 is 17.5 Å².